The number of carbonyl (C=O) groups excluding carboxylic acids is 2. The molecule has 0 radical (unpaired) electrons. The number of rotatable bonds is 6. The van der Waals surface area contributed by atoms with Gasteiger partial charge in [0.2, 0.25) is 11.8 Å². The molecule has 12 heteroatoms. The van der Waals surface area contributed by atoms with E-state index in [1.165, 1.54) is 24.8 Å². The number of thiazole rings is 1. The Morgan fingerprint density at radius 1 is 1.10 bits per heavy atom. The van der Waals surface area contributed by atoms with E-state index in [0.717, 1.165) is 6.08 Å². The number of aromatic nitrogens is 4. The molecule has 160 valence electrons. The Hall–Kier alpha value is -3.67. The molecule has 0 spiro atoms. The molecule has 0 aliphatic carbocycles. The van der Waals surface area contributed by atoms with Crippen molar-refractivity contribution in [3.05, 3.63) is 60.1 Å². The van der Waals surface area contributed by atoms with Crippen LogP contribution in [0.2, 0.25) is 0 Å². The van der Waals surface area contributed by atoms with Gasteiger partial charge in [-0.2, -0.15) is 13.2 Å². The van der Waals surface area contributed by atoms with Crippen LogP contribution in [0.15, 0.2) is 49.7 Å². The first-order chi connectivity index (χ1) is 14.7. The Morgan fingerprint density at radius 2 is 1.87 bits per heavy atom. The fraction of sp³-hybridized carbons (Fsp3) is 0.158. The SMILES string of the molecule is C=CC(=O)Nc1cnc(-c2cncc([C@@H](C)C(=O)Nc3ncc(C(F)(F)F)s3)c2)cn1. The standard InChI is InChI=1S/C19H15F3N6O2S/c1-3-16(29)27-15-9-24-13(7-25-15)12-4-11(5-23-6-12)10(2)17(30)28-18-26-8-14(31-18)19(20,21)22/h3-10H,1H2,2H3,(H,25,27,29)(H,26,28,30)/t10-/m1/s1. The van der Waals surface area contributed by atoms with Crippen molar-refractivity contribution in [2.24, 2.45) is 0 Å². The fourth-order valence-corrected chi connectivity index (χ4v) is 3.07. The fourth-order valence-electron chi connectivity index (χ4n) is 2.38. The lowest BCUT2D eigenvalue weighted by atomic mass is 10.0. The van der Waals surface area contributed by atoms with Crippen molar-refractivity contribution in [2.45, 2.75) is 19.0 Å². The molecule has 3 aromatic heterocycles. The van der Waals surface area contributed by atoms with Crippen LogP contribution in [-0.4, -0.2) is 31.8 Å². The van der Waals surface area contributed by atoms with Gasteiger partial charge in [-0.3, -0.25) is 19.6 Å². The summed E-state index contributed by atoms with van der Waals surface area (Å²) in [5, 5.41) is 4.72. The summed E-state index contributed by atoms with van der Waals surface area (Å²) >= 11 is 0.350. The molecule has 3 aromatic rings. The number of pyridine rings is 1. The third-order valence-corrected chi connectivity index (χ3v) is 5.01. The molecule has 0 fully saturated rings. The second kappa shape index (κ2) is 9.00. The Morgan fingerprint density at radius 3 is 2.48 bits per heavy atom. The monoisotopic (exact) mass is 448 g/mol. The zero-order chi connectivity index (χ0) is 22.6. The number of nitrogens with zero attached hydrogens (tertiary/aromatic N) is 4. The van der Waals surface area contributed by atoms with Crippen LogP contribution in [0.1, 0.15) is 23.3 Å². The molecular weight excluding hydrogens is 433 g/mol. The molecule has 0 aromatic carbocycles. The second-order valence-corrected chi connectivity index (χ2v) is 7.26. The summed E-state index contributed by atoms with van der Waals surface area (Å²) < 4.78 is 38.1. The largest absolute Gasteiger partial charge is 0.427 e. The van der Waals surface area contributed by atoms with E-state index in [2.05, 4.69) is 37.1 Å². The second-order valence-electron chi connectivity index (χ2n) is 6.23. The summed E-state index contributed by atoms with van der Waals surface area (Å²) in [7, 11) is 0. The average molecular weight is 448 g/mol. The maximum Gasteiger partial charge on any atom is 0.427 e. The number of carbonyl (C=O) groups is 2. The Bertz CT molecular complexity index is 1110. The van der Waals surface area contributed by atoms with Crippen molar-refractivity contribution >= 4 is 34.1 Å². The van der Waals surface area contributed by atoms with Crippen molar-refractivity contribution in [2.75, 3.05) is 10.6 Å². The first kappa shape index (κ1) is 22.0. The highest BCUT2D eigenvalue weighted by molar-refractivity contribution is 7.15. The van der Waals surface area contributed by atoms with Crippen molar-refractivity contribution in [3.63, 3.8) is 0 Å². The molecule has 8 nitrogen and oxygen atoms in total. The van der Waals surface area contributed by atoms with Crippen molar-refractivity contribution in [1.82, 2.24) is 19.9 Å². The molecule has 0 saturated heterocycles. The molecule has 2 amide bonds. The highest BCUT2D eigenvalue weighted by Crippen LogP contribution is 2.35. The van der Waals surface area contributed by atoms with E-state index in [-0.39, 0.29) is 10.9 Å². The van der Waals surface area contributed by atoms with E-state index in [1.807, 2.05) is 0 Å². The molecule has 3 heterocycles. The number of amides is 2. The highest BCUT2D eigenvalue weighted by Gasteiger charge is 2.33. The molecule has 1 atom stereocenters. The van der Waals surface area contributed by atoms with Gasteiger partial charge in [0, 0.05) is 18.0 Å². The van der Waals surface area contributed by atoms with E-state index < -0.39 is 28.8 Å². The Balaban J connectivity index is 1.73. The summed E-state index contributed by atoms with van der Waals surface area (Å²) in [5.41, 5.74) is 1.54. The van der Waals surface area contributed by atoms with Gasteiger partial charge in [-0.1, -0.05) is 17.9 Å². The number of hydrogen-bond acceptors (Lipinski definition) is 7. The lowest BCUT2D eigenvalue weighted by Crippen LogP contribution is -2.19. The molecule has 3 rings (SSSR count). The minimum absolute atomic E-state index is 0.142. The zero-order valence-electron chi connectivity index (χ0n) is 16.0. The van der Waals surface area contributed by atoms with Crippen LogP contribution in [0.4, 0.5) is 24.1 Å². The maximum atomic E-state index is 12.7. The van der Waals surface area contributed by atoms with Gasteiger partial charge >= 0.3 is 6.18 Å². The van der Waals surface area contributed by atoms with E-state index in [9.17, 15) is 22.8 Å². The van der Waals surface area contributed by atoms with Crippen molar-refractivity contribution in [3.8, 4) is 11.3 Å². The van der Waals surface area contributed by atoms with Crippen LogP contribution in [0.3, 0.4) is 0 Å². The topological polar surface area (TPSA) is 110 Å². The number of nitrogens with one attached hydrogen (secondary N) is 2. The first-order valence-electron chi connectivity index (χ1n) is 8.72. The van der Waals surface area contributed by atoms with Crippen LogP contribution in [0, 0.1) is 0 Å². The summed E-state index contributed by atoms with van der Waals surface area (Å²) in [6.07, 6.45) is 3.05. The van der Waals surface area contributed by atoms with Crippen LogP contribution in [-0.2, 0) is 15.8 Å². The summed E-state index contributed by atoms with van der Waals surface area (Å²) in [6.45, 7) is 4.94. The van der Waals surface area contributed by atoms with Gasteiger partial charge in [0.15, 0.2) is 10.9 Å². The Kier molecular flexibility index (Phi) is 6.39. The van der Waals surface area contributed by atoms with Gasteiger partial charge in [0.05, 0.1) is 30.2 Å². The van der Waals surface area contributed by atoms with Crippen molar-refractivity contribution < 1.29 is 22.8 Å². The van der Waals surface area contributed by atoms with E-state index >= 15 is 0 Å². The molecule has 2 N–H and O–H groups in total. The summed E-state index contributed by atoms with van der Waals surface area (Å²) in [5.74, 6) is -1.43. The first-order valence-corrected chi connectivity index (χ1v) is 9.53. The summed E-state index contributed by atoms with van der Waals surface area (Å²) in [6, 6.07) is 1.67. The van der Waals surface area contributed by atoms with Crippen LogP contribution in [0.5, 0.6) is 0 Å². The van der Waals surface area contributed by atoms with E-state index in [4.69, 9.17) is 0 Å². The molecule has 0 bridgehead atoms. The summed E-state index contributed by atoms with van der Waals surface area (Å²) in [4.78, 5) is 38.9. The predicted octanol–water partition coefficient (Wildman–Crippen LogP) is 3.88. The molecule has 0 saturated carbocycles. The highest BCUT2D eigenvalue weighted by atomic mass is 32.1. The lowest BCUT2D eigenvalue weighted by molar-refractivity contribution is -0.134. The smallest absolute Gasteiger partial charge is 0.306 e. The normalized spacial score (nSPS) is 12.1. The third kappa shape index (κ3) is 5.48. The molecule has 0 unspecified atom stereocenters. The Labute approximate surface area is 178 Å². The number of hydrogen-bond donors (Lipinski definition) is 2. The van der Waals surface area contributed by atoms with Gasteiger partial charge in [-0.15, -0.1) is 0 Å². The predicted molar refractivity (Wildman–Crippen MR) is 108 cm³/mol. The van der Waals surface area contributed by atoms with E-state index in [1.54, 1.807) is 13.0 Å². The molecular formula is C19H15F3N6O2S. The quantitative estimate of drug-likeness (QED) is 0.554. The van der Waals surface area contributed by atoms with E-state index in [0.29, 0.717) is 34.4 Å². The number of alkyl halides is 3. The average Bonchev–Trinajstić information content (AvgIpc) is 3.23. The lowest BCUT2D eigenvalue weighted by Gasteiger charge is -2.12. The minimum atomic E-state index is -4.52. The van der Waals surface area contributed by atoms with Gasteiger partial charge in [0.1, 0.15) is 4.88 Å². The van der Waals surface area contributed by atoms with Crippen LogP contribution in [0.25, 0.3) is 11.3 Å². The third-order valence-electron chi connectivity index (χ3n) is 4.05. The van der Waals surface area contributed by atoms with Crippen LogP contribution >= 0.6 is 11.3 Å². The van der Waals surface area contributed by atoms with Gasteiger partial charge in [-0.05, 0) is 24.6 Å². The molecule has 0 aliphatic rings. The number of anilines is 2. The number of halogens is 3. The molecule has 31 heavy (non-hydrogen) atoms. The van der Waals surface area contributed by atoms with Crippen molar-refractivity contribution in [1.29, 1.82) is 0 Å². The molecule has 0 aliphatic heterocycles. The minimum Gasteiger partial charge on any atom is -0.306 e. The van der Waals surface area contributed by atoms with Gasteiger partial charge < -0.3 is 10.6 Å². The van der Waals surface area contributed by atoms with Crippen LogP contribution < -0.4 is 10.6 Å². The van der Waals surface area contributed by atoms with Gasteiger partial charge in [-0.25, -0.2) is 9.97 Å². The zero-order valence-corrected chi connectivity index (χ0v) is 16.8. The van der Waals surface area contributed by atoms with Gasteiger partial charge in [0.25, 0.3) is 0 Å². The maximum absolute atomic E-state index is 12.7.